The van der Waals surface area contributed by atoms with Gasteiger partial charge in [0.05, 0.1) is 0 Å². The Balaban J connectivity index is 0.000000286. The van der Waals surface area contributed by atoms with Crippen molar-refractivity contribution in [1.29, 1.82) is 0 Å². The van der Waals surface area contributed by atoms with Crippen molar-refractivity contribution in [2.75, 3.05) is 0 Å². The van der Waals surface area contributed by atoms with Crippen LogP contribution in [0.5, 0.6) is 0 Å². The maximum Gasteiger partial charge on any atom is 0.454 e. The summed E-state index contributed by atoms with van der Waals surface area (Å²) in [6, 6.07) is 46.7. The number of aliphatic hydroxyl groups is 1. The molecule has 0 aromatic heterocycles. The molecule has 5 rings (SSSR count). The largest absolute Gasteiger partial charge is 0.504 e. The Morgan fingerprint density at radius 3 is 1.28 bits per heavy atom. The fourth-order valence-electron chi connectivity index (χ4n) is 5.06. The number of aliphatic hydroxyl groups excluding tert-OH is 1. The Morgan fingerprint density at radius 1 is 0.611 bits per heavy atom. The Bertz CT molecular complexity index is 2030. The minimum atomic E-state index is -5.42. The van der Waals surface area contributed by atoms with Crippen LogP contribution in [0.4, 0.5) is 26.3 Å². The van der Waals surface area contributed by atoms with Gasteiger partial charge in [-0.05, 0) is 19.4 Å². The first kappa shape index (κ1) is 46.6. The van der Waals surface area contributed by atoms with Gasteiger partial charge in [-0.1, -0.05) is 164 Å². The average Bonchev–Trinajstić information content (AvgIpc) is 3.16. The molecule has 1 radical (unpaired) electrons. The molecule has 0 saturated heterocycles. The van der Waals surface area contributed by atoms with Crippen molar-refractivity contribution in [3.05, 3.63) is 187 Å². The second-order valence-electron chi connectivity index (χ2n) is 11.2. The molecule has 0 spiro atoms. The van der Waals surface area contributed by atoms with Crippen molar-refractivity contribution >= 4 is 46.6 Å². The van der Waals surface area contributed by atoms with Crippen LogP contribution in [0.3, 0.4) is 0 Å². The van der Waals surface area contributed by atoms with Crippen molar-refractivity contribution in [2.24, 2.45) is 0 Å². The van der Waals surface area contributed by atoms with Crippen LogP contribution in [0, 0.1) is 56.3 Å². The zero-order chi connectivity index (χ0) is 39.3. The molecule has 54 heavy (non-hydrogen) atoms. The molecule has 5 aromatic carbocycles. The van der Waals surface area contributed by atoms with Crippen LogP contribution in [0.1, 0.15) is 12.5 Å². The standard InChI is InChI=1S/C19H17OP.C17H17OP.C5H2F6O2.Eu/c1-16-10-8-9-15-19(16)21(20,17-11-4-2-5-12-17)18-13-6-3-7-14-18;1-3-15(4-2)19(18,16-11-7-5-8-12-16)17-13-9-6-10-14-17;6-4(7,8)2(12)1-3(13)5(9,10)11;/h2-15H,1H3;3-14H,1H2,2H3;1,12H;/b;15-4-;2-1-;. The van der Waals surface area contributed by atoms with Gasteiger partial charge in [0.2, 0.25) is 5.76 Å². The number of carbonyl (C=O) groups is 1. The van der Waals surface area contributed by atoms with Crippen molar-refractivity contribution in [3.8, 4) is 0 Å². The number of benzene rings is 5. The second kappa shape index (κ2) is 20.9. The second-order valence-corrected chi connectivity index (χ2v) is 16.7. The van der Waals surface area contributed by atoms with Gasteiger partial charge >= 0.3 is 12.4 Å². The van der Waals surface area contributed by atoms with Crippen molar-refractivity contribution in [2.45, 2.75) is 26.2 Å². The van der Waals surface area contributed by atoms with E-state index < -0.39 is 44.3 Å². The van der Waals surface area contributed by atoms with E-state index in [1.54, 1.807) is 6.08 Å². The Hall–Kier alpha value is -3.59. The normalized spacial score (nSPS) is 12.1. The molecule has 5 aromatic rings. The van der Waals surface area contributed by atoms with Crippen molar-refractivity contribution in [3.63, 3.8) is 0 Å². The van der Waals surface area contributed by atoms with Gasteiger partial charge in [-0.2, -0.15) is 26.3 Å². The zero-order valence-corrected chi connectivity index (χ0v) is 33.2. The van der Waals surface area contributed by atoms with E-state index in [1.165, 1.54) is 0 Å². The summed E-state index contributed by atoms with van der Waals surface area (Å²) in [6.07, 6.45) is -8.10. The molecule has 0 aliphatic heterocycles. The molecular formula is C41H36EuF6O4P2. The van der Waals surface area contributed by atoms with Crippen LogP contribution in [0.15, 0.2) is 181 Å². The van der Waals surface area contributed by atoms with Gasteiger partial charge in [0, 0.05) is 87.3 Å². The van der Waals surface area contributed by atoms with Crippen LogP contribution in [0.2, 0.25) is 0 Å². The molecule has 0 bridgehead atoms. The minimum absolute atomic E-state index is 0. The van der Waals surface area contributed by atoms with Gasteiger partial charge < -0.3 is 14.2 Å². The van der Waals surface area contributed by atoms with Gasteiger partial charge in [-0.15, -0.1) is 0 Å². The third-order valence-corrected chi connectivity index (χ3v) is 14.1. The van der Waals surface area contributed by atoms with Crippen LogP contribution < -0.4 is 26.5 Å². The maximum absolute atomic E-state index is 14.0. The summed E-state index contributed by atoms with van der Waals surface area (Å²) >= 11 is 0. The molecule has 13 heteroatoms. The average molecular weight is 921 g/mol. The minimum Gasteiger partial charge on any atom is -0.504 e. The third kappa shape index (κ3) is 12.0. The van der Waals surface area contributed by atoms with Gasteiger partial charge in [0.25, 0.3) is 5.78 Å². The molecule has 4 nitrogen and oxygen atoms in total. The first-order chi connectivity index (χ1) is 25.0. The van der Waals surface area contributed by atoms with E-state index in [2.05, 4.69) is 6.58 Å². The summed E-state index contributed by atoms with van der Waals surface area (Å²) in [5.41, 5.74) is 1.06. The molecule has 0 atom stereocenters. The van der Waals surface area contributed by atoms with E-state index in [0.29, 0.717) is 0 Å². The molecular weight excluding hydrogens is 884 g/mol. The number of halogens is 6. The van der Waals surface area contributed by atoms with Gasteiger partial charge in [-0.3, -0.25) is 4.79 Å². The summed E-state index contributed by atoms with van der Waals surface area (Å²) in [5, 5.41) is 13.1. The molecule has 0 aliphatic carbocycles. The van der Waals surface area contributed by atoms with E-state index in [1.807, 2.05) is 166 Å². The number of rotatable bonds is 8. The van der Waals surface area contributed by atoms with Crippen LogP contribution >= 0.6 is 14.3 Å². The number of hydrogen-bond donors (Lipinski definition) is 1. The first-order valence-electron chi connectivity index (χ1n) is 15.9. The van der Waals surface area contributed by atoms with Gasteiger partial charge in [0.15, 0.2) is 14.3 Å². The molecule has 283 valence electrons. The van der Waals surface area contributed by atoms with E-state index >= 15 is 0 Å². The summed E-state index contributed by atoms with van der Waals surface area (Å²) in [7, 11) is -5.61. The summed E-state index contributed by atoms with van der Waals surface area (Å²) in [6.45, 7) is 7.73. The van der Waals surface area contributed by atoms with Crippen LogP contribution in [-0.2, 0) is 13.9 Å². The SMILES string of the molecule is C=C/C(=C/C)P(=O)(c1ccccc1)c1ccccc1.Cc1ccccc1P(=O)(c1ccccc1)c1ccccc1.O=C(/C=C(\O)C(F)(F)F)C(F)(F)F.[Eu]. The van der Waals surface area contributed by atoms with Crippen LogP contribution in [0.25, 0.3) is 0 Å². The predicted octanol–water partition coefficient (Wildman–Crippen LogP) is 9.85. The number of hydrogen-bond acceptors (Lipinski definition) is 4. The molecule has 1 N–H and O–H groups in total. The smallest absolute Gasteiger partial charge is 0.454 e. The number of aryl methyl sites for hydroxylation is 1. The Labute approximate surface area is 351 Å². The number of alkyl halides is 6. The molecule has 0 saturated carbocycles. The molecule has 0 aliphatic rings. The first-order valence-corrected chi connectivity index (χ1v) is 19.3. The van der Waals surface area contributed by atoms with E-state index in [4.69, 9.17) is 5.11 Å². The van der Waals surface area contributed by atoms with Crippen LogP contribution in [-0.4, -0.2) is 23.2 Å². The number of ketones is 1. The topological polar surface area (TPSA) is 71.4 Å². The third-order valence-electron chi connectivity index (χ3n) is 7.64. The maximum atomic E-state index is 14.0. The van der Waals surface area contributed by atoms with E-state index in [0.717, 1.165) is 37.4 Å². The van der Waals surface area contributed by atoms with Crippen molar-refractivity contribution < 1.29 is 94.8 Å². The van der Waals surface area contributed by atoms with Crippen molar-refractivity contribution in [1.82, 2.24) is 0 Å². The van der Waals surface area contributed by atoms with Gasteiger partial charge in [0.1, 0.15) is 0 Å². The number of carbonyl (C=O) groups excluding carboxylic acids is 1. The summed E-state index contributed by atoms with van der Waals surface area (Å²) < 4.78 is 95.7. The molecule has 0 unspecified atom stereocenters. The summed E-state index contributed by atoms with van der Waals surface area (Å²) in [5.74, 6) is -5.34. The zero-order valence-electron chi connectivity index (χ0n) is 29.0. The predicted molar refractivity (Wildman–Crippen MR) is 202 cm³/mol. The Kier molecular flexibility index (Phi) is 18.0. The Morgan fingerprint density at radius 2 is 0.963 bits per heavy atom. The molecule has 0 amide bonds. The van der Waals surface area contributed by atoms with E-state index in [-0.39, 0.29) is 49.4 Å². The quantitative estimate of drug-likeness (QED) is 0.0554. The fraction of sp³-hybridized carbons (Fsp3) is 0.0976. The van der Waals surface area contributed by atoms with E-state index in [9.17, 15) is 40.3 Å². The molecule has 0 heterocycles. The van der Waals surface area contributed by atoms with Gasteiger partial charge in [-0.25, -0.2) is 0 Å². The molecule has 0 fully saturated rings. The number of allylic oxidation sites excluding steroid dienone is 5. The monoisotopic (exact) mass is 921 g/mol. The summed E-state index contributed by atoms with van der Waals surface area (Å²) in [4.78, 5) is 9.86. The fourth-order valence-corrected chi connectivity index (χ4v) is 10.7.